The van der Waals surface area contributed by atoms with E-state index >= 15 is 0 Å². The van der Waals surface area contributed by atoms with E-state index in [9.17, 15) is 9.59 Å². The summed E-state index contributed by atoms with van der Waals surface area (Å²) in [4.78, 5) is 24.2. The number of nitrogens with zero attached hydrogens (tertiary/aromatic N) is 1. The van der Waals surface area contributed by atoms with Crippen molar-refractivity contribution in [3.8, 4) is 5.75 Å². The molecule has 0 fully saturated rings. The van der Waals surface area contributed by atoms with E-state index in [2.05, 4.69) is 0 Å². The molecule has 0 aliphatic rings. The van der Waals surface area contributed by atoms with Gasteiger partial charge in [0.15, 0.2) is 11.9 Å². The molecule has 19 heavy (non-hydrogen) atoms. The molecule has 1 amide bonds. The Kier molecular flexibility index (Phi) is 5.03. The molecule has 0 saturated carbocycles. The summed E-state index contributed by atoms with van der Waals surface area (Å²) < 4.78 is 5.35. The van der Waals surface area contributed by atoms with Crippen LogP contribution in [0.5, 0.6) is 5.75 Å². The zero-order chi connectivity index (χ0) is 14.7. The predicted molar refractivity (Wildman–Crippen MR) is 72.2 cm³/mol. The Morgan fingerprint density at radius 1 is 1.32 bits per heavy atom. The Hall–Kier alpha value is -1.46. The van der Waals surface area contributed by atoms with Crippen molar-refractivity contribution in [1.82, 2.24) is 4.90 Å². The van der Waals surface area contributed by atoms with Gasteiger partial charge in [0.2, 0.25) is 0 Å². The quantitative estimate of drug-likeness (QED) is 0.928. The van der Waals surface area contributed by atoms with Gasteiger partial charge in [-0.2, -0.15) is 0 Å². The van der Waals surface area contributed by atoms with Crippen molar-refractivity contribution >= 4 is 35.1 Å². The maximum atomic E-state index is 11.7. The number of rotatable bonds is 4. The first-order valence-corrected chi connectivity index (χ1v) is 6.09. The number of ether oxygens (including phenoxy) is 1. The highest BCUT2D eigenvalue weighted by Crippen LogP contribution is 2.33. The molecule has 1 aromatic rings. The van der Waals surface area contributed by atoms with E-state index in [-0.39, 0.29) is 27.3 Å². The lowest BCUT2D eigenvalue weighted by Gasteiger charge is -2.20. The minimum atomic E-state index is -1.23. The van der Waals surface area contributed by atoms with Crippen LogP contribution in [-0.2, 0) is 4.79 Å². The van der Waals surface area contributed by atoms with Crippen molar-refractivity contribution in [2.45, 2.75) is 13.0 Å². The van der Waals surface area contributed by atoms with Crippen LogP contribution in [0.1, 0.15) is 17.3 Å². The number of carbonyl (C=O) groups excluding carboxylic acids is 1. The van der Waals surface area contributed by atoms with Gasteiger partial charge in [0, 0.05) is 19.1 Å². The fourth-order valence-corrected chi connectivity index (χ4v) is 1.97. The Morgan fingerprint density at radius 2 is 1.89 bits per heavy atom. The van der Waals surface area contributed by atoms with E-state index in [0.717, 1.165) is 0 Å². The van der Waals surface area contributed by atoms with Gasteiger partial charge in [-0.1, -0.05) is 23.2 Å². The van der Waals surface area contributed by atoms with Crippen LogP contribution in [0.4, 0.5) is 0 Å². The summed E-state index contributed by atoms with van der Waals surface area (Å²) in [5.41, 5.74) is -0.184. The average molecular weight is 306 g/mol. The van der Waals surface area contributed by atoms with Gasteiger partial charge in [0.1, 0.15) is 5.56 Å². The first-order chi connectivity index (χ1) is 8.73. The number of carboxylic acids is 1. The van der Waals surface area contributed by atoms with Crippen LogP contribution in [0.2, 0.25) is 10.0 Å². The molecule has 1 aromatic carbocycles. The lowest BCUT2D eigenvalue weighted by molar-refractivity contribution is -0.135. The second-order valence-corrected chi connectivity index (χ2v) is 4.91. The number of carbonyl (C=O) groups is 2. The summed E-state index contributed by atoms with van der Waals surface area (Å²) in [6.45, 7) is 1.51. The van der Waals surface area contributed by atoms with Crippen LogP contribution in [-0.4, -0.2) is 42.1 Å². The van der Waals surface area contributed by atoms with Crippen molar-refractivity contribution in [3.63, 3.8) is 0 Å². The third kappa shape index (κ3) is 3.75. The van der Waals surface area contributed by atoms with E-state index in [0.29, 0.717) is 0 Å². The van der Waals surface area contributed by atoms with Gasteiger partial charge in [-0.15, -0.1) is 0 Å². The van der Waals surface area contributed by atoms with E-state index in [4.69, 9.17) is 33.0 Å². The maximum absolute atomic E-state index is 11.7. The third-order valence-corrected chi connectivity index (χ3v) is 2.82. The second-order valence-electron chi connectivity index (χ2n) is 4.06. The minimum Gasteiger partial charge on any atom is -0.478 e. The molecule has 0 aromatic heterocycles. The van der Waals surface area contributed by atoms with Crippen molar-refractivity contribution in [1.29, 1.82) is 0 Å². The van der Waals surface area contributed by atoms with E-state index in [1.807, 2.05) is 0 Å². The normalized spacial score (nSPS) is 11.8. The lowest BCUT2D eigenvalue weighted by Crippen LogP contribution is -2.35. The molecule has 1 unspecified atom stereocenters. The summed E-state index contributed by atoms with van der Waals surface area (Å²) in [6.07, 6.45) is -0.855. The average Bonchev–Trinajstić information content (AvgIpc) is 2.30. The molecule has 0 heterocycles. The molecule has 0 saturated heterocycles. The maximum Gasteiger partial charge on any atom is 0.339 e. The third-order valence-electron chi connectivity index (χ3n) is 2.32. The lowest BCUT2D eigenvalue weighted by atomic mass is 10.2. The zero-order valence-corrected chi connectivity index (χ0v) is 12.1. The number of benzene rings is 1. The highest BCUT2D eigenvalue weighted by molar-refractivity contribution is 6.36. The van der Waals surface area contributed by atoms with Gasteiger partial charge in [-0.25, -0.2) is 4.79 Å². The summed E-state index contributed by atoms with van der Waals surface area (Å²) >= 11 is 11.6. The number of carboxylic acid groups (broad SMARTS) is 1. The van der Waals surface area contributed by atoms with E-state index < -0.39 is 12.1 Å². The van der Waals surface area contributed by atoms with Crippen LogP contribution in [0.3, 0.4) is 0 Å². The SMILES string of the molecule is CC(Oc1c(Cl)cc(Cl)cc1C(=O)O)C(=O)N(C)C. The van der Waals surface area contributed by atoms with Crippen LogP contribution in [0.15, 0.2) is 12.1 Å². The van der Waals surface area contributed by atoms with Gasteiger partial charge in [-0.3, -0.25) is 4.79 Å². The molecule has 1 atom stereocenters. The molecule has 0 spiro atoms. The van der Waals surface area contributed by atoms with Gasteiger partial charge >= 0.3 is 5.97 Å². The number of amides is 1. The fourth-order valence-electron chi connectivity index (χ4n) is 1.43. The van der Waals surface area contributed by atoms with Crippen molar-refractivity contribution in [2.24, 2.45) is 0 Å². The van der Waals surface area contributed by atoms with Gasteiger partial charge in [0.25, 0.3) is 5.91 Å². The summed E-state index contributed by atoms with van der Waals surface area (Å²) in [5, 5.41) is 9.31. The summed E-state index contributed by atoms with van der Waals surface area (Å²) in [7, 11) is 3.15. The Balaban J connectivity index is 3.13. The fraction of sp³-hybridized carbons (Fsp3) is 0.333. The minimum absolute atomic E-state index is 0.0447. The topological polar surface area (TPSA) is 66.8 Å². The Bertz CT molecular complexity index is 517. The van der Waals surface area contributed by atoms with Crippen molar-refractivity contribution in [2.75, 3.05) is 14.1 Å². The van der Waals surface area contributed by atoms with E-state index in [1.54, 1.807) is 14.1 Å². The number of likely N-dealkylation sites (N-methyl/N-ethyl adjacent to an activating group) is 1. The smallest absolute Gasteiger partial charge is 0.339 e. The summed E-state index contributed by atoms with van der Waals surface area (Å²) in [6, 6.07) is 2.58. The van der Waals surface area contributed by atoms with Crippen LogP contribution < -0.4 is 4.74 Å². The van der Waals surface area contributed by atoms with Crippen molar-refractivity contribution in [3.05, 3.63) is 27.7 Å². The molecule has 0 bridgehead atoms. The predicted octanol–water partition coefficient (Wildman–Crippen LogP) is 2.55. The van der Waals surface area contributed by atoms with Crippen LogP contribution in [0.25, 0.3) is 0 Å². The highest BCUT2D eigenvalue weighted by Gasteiger charge is 2.22. The van der Waals surface area contributed by atoms with Gasteiger partial charge < -0.3 is 14.7 Å². The first-order valence-electron chi connectivity index (χ1n) is 5.34. The molecule has 0 aliphatic heterocycles. The monoisotopic (exact) mass is 305 g/mol. The first kappa shape index (κ1) is 15.6. The molecule has 1 N–H and O–H groups in total. The largest absolute Gasteiger partial charge is 0.478 e. The Labute approximate surface area is 120 Å². The molecule has 1 rings (SSSR count). The second kappa shape index (κ2) is 6.12. The van der Waals surface area contributed by atoms with Gasteiger partial charge in [0.05, 0.1) is 5.02 Å². The molecule has 7 heteroatoms. The highest BCUT2D eigenvalue weighted by atomic mass is 35.5. The molecular formula is C12H13Cl2NO4. The van der Waals surface area contributed by atoms with Crippen LogP contribution in [0, 0.1) is 0 Å². The number of halogens is 2. The number of aromatic carboxylic acids is 1. The molecule has 104 valence electrons. The molecule has 0 aliphatic carbocycles. The zero-order valence-electron chi connectivity index (χ0n) is 10.6. The van der Waals surface area contributed by atoms with Crippen LogP contribution >= 0.6 is 23.2 Å². The number of hydrogen-bond acceptors (Lipinski definition) is 3. The molecule has 0 radical (unpaired) electrons. The summed E-state index contributed by atoms with van der Waals surface area (Å²) in [5.74, 6) is -1.60. The van der Waals surface area contributed by atoms with E-state index in [1.165, 1.54) is 24.0 Å². The molecular weight excluding hydrogens is 293 g/mol. The number of hydrogen-bond donors (Lipinski definition) is 1. The molecule has 5 nitrogen and oxygen atoms in total. The van der Waals surface area contributed by atoms with Gasteiger partial charge in [-0.05, 0) is 19.1 Å². The van der Waals surface area contributed by atoms with Crippen molar-refractivity contribution < 1.29 is 19.4 Å². The Morgan fingerprint density at radius 3 is 2.37 bits per heavy atom. The standard InChI is InChI=1S/C12H13Cl2NO4/c1-6(11(16)15(2)3)19-10-8(12(17)18)4-7(13)5-9(10)14/h4-6H,1-3H3,(H,17,18).